The Labute approximate surface area is 263 Å². The molecule has 0 saturated heterocycles. The summed E-state index contributed by atoms with van der Waals surface area (Å²) in [5.41, 5.74) is 0. The molecule has 0 aliphatic rings. The van der Waals surface area contributed by atoms with E-state index >= 15 is 0 Å². The Kier molecular flexibility index (Phi) is 34.5. The third-order valence-corrected chi connectivity index (χ3v) is 11.1. The normalized spacial score (nSPS) is 12.0. The van der Waals surface area contributed by atoms with E-state index in [2.05, 4.69) is 0 Å². The van der Waals surface area contributed by atoms with E-state index in [1.807, 2.05) is 6.55 Å². The maximum atomic E-state index is 6.16. The van der Waals surface area contributed by atoms with Gasteiger partial charge in [0, 0.05) is 5.88 Å². The highest BCUT2D eigenvalue weighted by Gasteiger charge is 2.19. The highest BCUT2D eigenvalue weighted by Crippen LogP contribution is 2.23. The molecule has 0 saturated carbocycles. The van der Waals surface area contributed by atoms with E-state index in [0.717, 1.165) is 11.9 Å². The molecule has 236 valence electrons. The van der Waals surface area contributed by atoms with Crippen LogP contribution in [0.5, 0.6) is 0 Å². The third kappa shape index (κ3) is 39.1. The summed E-state index contributed by atoms with van der Waals surface area (Å²) in [6.45, 7) is 0.200. The summed E-state index contributed by atoms with van der Waals surface area (Å²) >= 11 is 18.0. The minimum absolute atomic E-state index is 0.843. The van der Waals surface area contributed by atoms with Crippen molar-refractivity contribution in [1.29, 1.82) is 0 Å². The number of halogens is 3. The molecule has 0 bridgehead atoms. The number of alkyl halides is 1. The lowest BCUT2D eigenvalue weighted by atomic mass is 10.0. The first-order valence-electron chi connectivity index (χ1n) is 18.0. The fourth-order valence-corrected chi connectivity index (χ4v) is 7.69. The standard InChI is InChI=1S/C35H71Cl3Si/c1-39(37,38)35-33-31-29-27-25-23-21-19-17-15-13-11-9-7-5-3-2-4-6-8-10-12-14-16-18-20-22-24-26-28-30-32-34-36/h2-35H2,1H3. The molecule has 0 fully saturated rings. The molecular formula is C35H71Cl3Si. The minimum Gasteiger partial charge on any atom is -0.146 e. The summed E-state index contributed by atoms with van der Waals surface area (Å²) < 4.78 is 0. The fourth-order valence-electron chi connectivity index (χ4n) is 5.83. The van der Waals surface area contributed by atoms with Crippen LogP contribution in [-0.2, 0) is 0 Å². The molecule has 0 unspecified atom stereocenters. The summed E-state index contributed by atoms with van der Waals surface area (Å²) in [4.78, 5) is 0. The predicted molar refractivity (Wildman–Crippen MR) is 187 cm³/mol. The number of hydrogen-bond donors (Lipinski definition) is 0. The first-order chi connectivity index (χ1) is 19.1. The molecule has 0 aromatic heterocycles. The monoisotopic (exact) mass is 624 g/mol. The highest BCUT2D eigenvalue weighted by molar-refractivity contribution is 7.44. The van der Waals surface area contributed by atoms with Crippen LogP contribution in [0, 0.1) is 0 Å². The molecule has 0 amide bonds. The van der Waals surface area contributed by atoms with Crippen LogP contribution in [0.3, 0.4) is 0 Å². The molecule has 39 heavy (non-hydrogen) atoms. The number of rotatable bonds is 34. The van der Waals surface area contributed by atoms with Crippen molar-refractivity contribution in [3.8, 4) is 0 Å². The van der Waals surface area contributed by atoms with Gasteiger partial charge in [-0.1, -0.05) is 199 Å². The van der Waals surface area contributed by atoms with Crippen molar-refractivity contribution in [1.82, 2.24) is 0 Å². The van der Waals surface area contributed by atoms with Crippen LogP contribution in [0.2, 0.25) is 12.6 Å². The molecular weight excluding hydrogens is 555 g/mol. The molecule has 0 spiro atoms. The lowest BCUT2D eigenvalue weighted by Crippen LogP contribution is -2.11. The van der Waals surface area contributed by atoms with E-state index in [9.17, 15) is 0 Å². The molecule has 0 N–H and O–H groups in total. The SMILES string of the molecule is C[Si](Cl)(Cl)CCCCCCCCCCCCCCCCCCCCCCCCCCCCCCCCCCCl. The van der Waals surface area contributed by atoms with Crippen molar-refractivity contribution in [2.45, 2.75) is 218 Å². The second kappa shape index (κ2) is 33.6. The Morgan fingerprint density at radius 2 is 0.436 bits per heavy atom. The van der Waals surface area contributed by atoms with Crippen LogP contribution in [0.15, 0.2) is 0 Å². The average molecular weight is 626 g/mol. The zero-order valence-corrected chi connectivity index (χ0v) is 29.9. The van der Waals surface area contributed by atoms with Crippen molar-refractivity contribution in [2.24, 2.45) is 0 Å². The lowest BCUT2D eigenvalue weighted by Gasteiger charge is -2.09. The predicted octanol–water partition coefficient (Wildman–Crippen LogP) is 15.3. The molecule has 4 heteroatoms. The van der Waals surface area contributed by atoms with Crippen LogP contribution in [0.25, 0.3) is 0 Å². The van der Waals surface area contributed by atoms with Gasteiger partial charge in [0.2, 0.25) is 6.69 Å². The van der Waals surface area contributed by atoms with Gasteiger partial charge in [-0.2, -0.15) is 0 Å². The average Bonchev–Trinajstić information content (AvgIpc) is 2.90. The van der Waals surface area contributed by atoms with Gasteiger partial charge in [0.1, 0.15) is 0 Å². The van der Waals surface area contributed by atoms with Crippen molar-refractivity contribution in [2.75, 3.05) is 5.88 Å². The van der Waals surface area contributed by atoms with E-state index < -0.39 is 6.69 Å². The molecule has 0 rings (SSSR count). The number of unbranched alkanes of at least 4 members (excludes halogenated alkanes) is 31. The first kappa shape index (κ1) is 40.1. The quantitative estimate of drug-likeness (QED) is 0.0289. The second-order valence-corrected chi connectivity index (χ2v) is 21.4. The molecule has 0 aliphatic heterocycles. The molecule has 0 atom stereocenters. The Bertz CT molecular complexity index is 438. The lowest BCUT2D eigenvalue weighted by molar-refractivity contribution is 0.512. The van der Waals surface area contributed by atoms with Crippen LogP contribution >= 0.6 is 33.8 Å². The molecule has 0 aromatic carbocycles. The van der Waals surface area contributed by atoms with E-state index in [1.54, 1.807) is 0 Å². The van der Waals surface area contributed by atoms with Gasteiger partial charge >= 0.3 is 0 Å². The summed E-state index contributed by atoms with van der Waals surface area (Å²) in [7, 11) is 0. The van der Waals surface area contributed by atoms with E-state index in [1.165, 1.54) is 205 Å². The van der Waals surface area contributed by atoms with Crippen molar-refractivity contribution in [3.05, 3.63) is 0 Å². The van der Waals surface area contributed by atoms with Gasteiger partial charge in [-0.25, -0.2) is 0 Å². The zero-order valence-electron chi connectivity index (χ0n) is 26.7. The maximum absolute atomic E-state index is 6.16. The molecule has 0 nitrogen and oxygen atoms in total. The van der Waals surface area contributed by atoms with Crippen molar-refractivity contribution in [3.63, 3.8) is 0 Å². The summed E-state index contributed by atoms with van der Waals surface area (Å²) in [5.74, 6) is 0.843. The molecule has 0 aromatic rings. The van der Waals surface area contributed by atoms with Gasteiger partial charge in [-0.15, -0.1) is 33.8 Å². The summed E-state index contributed by atoms with van der Waals surface area (Å²) in [6, 6.07) is 1.06. The van der Waals surface area contributed by atoms with Crippen LogP contribution in [-0.4, -0.2) is 12.6 Å². The summed E-state index contributed by atoms with van der Waals surface area (Å²) in [5, 5.41) is 0. The van der Waals surface area contributed by atoms with Gasteiger partial charge in [-0.05, 0) is 19.0 Å². The Hall–Kier alpha value is 1.09. The van der Waals surface area contributed by atoms with Crippen LogP contribution in [0.4, 0.5) is 0 Å². The van der Waals surface area contributed by atoms with E-state index in [4.69, 9.17) is 33.8 Å². The van der Waals surface area contributed by atoms with Gasteiger partial charge in [-0.3, -0.25) is 0 Å². The smallest absolute Gasteiger partial charge is 0.146 e. The zero-order chi connectivity index (χ0) is 28.5. The van der Waals surface area contributed by atoms with E-state index in [0.29, 0.717) is 0 Å². The van der Waals surface area contributed by atoms with Gasteiger partial charge < -0.3 is 0 Å². The number of hydrogen-bond acceptors (Lipinski definition) is 0. The Morgan fingerprint density at radius 1 is 0.282 bits per heavy atom. The van der Waals surface area contributed by atoms with Gasteiger partial charge in [0.25, 0.3) is 0 Å². The topological polar surface area (TPSA) is 0 Å². The second-order valence-electron chi connectivity index (χ2n) is 12.8. The largest absolute Gasteiger partial charge is 0.248 e. The van der Waals surface area contributed by atoms with Crippen molar-refractivity contribution >= 4 is 40.5 Å². The Balaban J connectivity index is 3.04. The molecule has 0 radical (unpaired) electrons. The van der Waals surface area contributed by atoms with Gasteiger partial charge in [0.15, 0.2) is 0 Å². The maximum Gasteiger partial charge on any atom is 0.248 e. The Morgan fingerprint density at radius 3 is 0.590 bits per heavy atom. The van der Waals surface area contributed by atoms with Crippen molar-refractivity contribution < 1.29 is 0 Å². The molecule has 0 aliphatic carbocycles. The first-order valence-corrected chi connectivity index (χ1v) is 23.3. The highest BCUT2D eigenvalue weighted by atomic mass is 35.7. The minimum atomic E-state index is -1.84. The summed E-state index contributed by atoms with van der Waals surface area (Å²) in [6.07, 6.45) is 45.9. The molecule has 0 heterocycles. The van der Waals surface area contributed by atoms with Crippen LogP contribution in [0.1, 0.15) is 205 Å². The van der Waals surface area contributed by atoms with Gasteiger partial charge in [0.05, 0.1) is 0 Å². The van der Waals surface area contributed by atoms with E-state index in [-0.39, 0.29) is 0 Å². The third-order valence-electron chi connectivity index (χ3n) is 8.50. The fraction of sp³-hybridized carbons (Fsp3) is 1.00. The van der Waals surface area contributed by atoms with Crippen LogP contribution < -0.4 is 0 Å².